The summed E-state index contributed by atoms with van der Waals surface area (Å²) < 4.78 is 21.9. The van der Waals surface area contributed by atoms with Crippen molar-refractivity contribution in [3.63, 3.8) is 0 Å². The van der Waals surface area contributed by atoms with Gasteiger partial charge in [0.1, 0.15) is 12.3 Å². The molecule has 2 bridgehead atoms. The van der Waals surface area contributed by atoms with E-state index in [9.17, 15) is 9.59 Å². The number of nitrogens with zero attached hydrogens (tertiary/aromatic N) is 2. The minimum atomic E-state index is -0.670. The molecule has 3 atom stereocenters. The molecular formula is C30H32N4O5. The van der Waals surface area contributed by atoms with Gasteiger partial charge in [0, 0.05) is 43.7 Å². The Hall–Kier alpha value is -4.08. The Balaban J connectivity index is 0.000000377. The largest absolute Gasteiger partial charge is 0.453 e. The molecule has 3 aliphatic heterocycles. The van der Waals surface area contributed by atoms with E-state index < -0.39 is 11.8 Å². The molecule has 0 unspecified atom stereocenters. The highest BCUT2D eigenvalue weighted by molar-refractivity contribution is 6.31. The molecule has 1 saturated heterocycles. The van der Waals surface area contributed by atoms with Crippen LogP contribution < -0.4 is 10.6 Å². The standard InChI is InChI=1S/C27H23N3O3.C3H7NO2.H2/c1-27-19(32-2)11-12-20(33-27)29-17-9-5-3-7-14(17)22-23-16(13-28-26(23)31)21-15-8-4-6-10-18(15)30(27)25(21)24(22)29;1-4-3(5)6-2;/h3-10,19-20H,11-13H2,1-2H3,(H,28,31);1-2H3,(H,4,5);1H/t19-,20-,27+;;/m1../s1. The zero-order valence-electron chi connectivity index (χ0n) is 22.3. The van der Waals surface area contributed by atoms with Crippen molar-refractivity contribution in [1.29, 1.82) is 0 Å². The molecule has 0 radical (unpaired) electrons. The fraction of sp³-hybridized carbons (Fsp3) is 0.333. The molecule has 0 aliphatic carbocycles. The first kappa shape index (κ1) is 24.0. The molecule has 2 amide bonds. The van der Waals surface area contributed by atoms with Crippen molar-refractivity contribution in [3.05, 3.63) is 59.7 Å². The number of nitrogens with one attached hydrogen (secondary N) is 2. The van der Waals surface area contributed by atoms with E-state index in [4.69, 9.17) is 9.47 Å². The van der Waals surface area contributed by atoms with Gasteiger partial charge < -0.3 is 34.0 Å². The summed E-state index contributed by atoms with van der Waals surface area (Å²) >= 11 is 0. The van der Waals surface area contributed by atoms with E-state index in [1.54, 1.807) is 7.11 Å². The molecule has 0 spiro atoms. The van der Waals surface area contributed by atoms with E-state index in [0.29, 0.717) is 6.54 Å². The van der Waals surface area contributed by atoms with Crippen molar-refractivity contribution in [2.45, 2.75) is 44.4 Å². The number of alkyl carbamates (subject to hydrolysis) is 1. The van der Waals surface area contributed by atoms with Gasteiger partial charge in [0.2, 0.25) is 0 Å². The minimum absolute atomic E-state index is 0. The fourth-order valence-electron chi connectivity index (χ4n) is 7.03. The van der Waals surface area contributed by atoms with Crippen LogP contribution in [0.25, 0.3) is 43.6 Å². The lowest BCUT2D eigenvalue weighted by Crippen LogP contribution is -2.49. The first-order valence-electron chi connectivity index (χ1n) is 13.2. The van der Waals surface area contributed by atoms with Crippen LogP contribution in [0.3, 0.4) is 0 Å². The molecule has 2 N–H and O–H groups in total. The molecule has 1 fully saturated rings. The summed E-state index contributed by atoms with van der Waals surface area (Å²) in [5.74, 6) is 0.0146. The van der Waals surface area contributed by atoms with E-state index in [0.717, 1.165) is 67.6 Å². The van der Waals surface area contributed by atoms with Crippen LogP contribution in [0.5, 0.6) is 0 Å². The lowest BCUT2D eigenvalue weighted by atomic mass is 9.96. The van der Waals surface area contributed by atoms with Gasteiger partial charge in [0.05, 0.1) is 34.7 Å². The Kier molecular flexibility index (Phi) is 5.20. The van der Waals surface area contributed by atoms with Gasteiger partial charge in [-0.1, -0.05) is 36.4 Å². The summed E-state index contributed by atoms with van der Waals surface area (Å²) in [7, 11) is 4.61. The smallest absolute Gasteiger partial charge is 0.406 e. The molecule has 2 aromatic heterocycles. The number of fused-ring (bicyclic) bond motifs is 13. The van der Waals surface area contributed by atoms with Crippen LogP contribution in [-0.2, 0) is 26.5 Å². The van der Waals surface area contributed by atoms with Gasteiger partial charge in [-0.25, -0.2) is 4.79 Å². The van der Waals surface area contributed by atoms with Gasteiger partial charge in [-0.2, -0.15) is 0 Å². The number of benzene rings is 3. The lowest BCUT2D eigenvalue weighted by molar-refractivity contribution is -0.247. The molecule has 3 aromatic carbocycles. The second kappa shape index (κ2) is 8.46. The molecule has 0 saturated carbocycles. The number of ether oxygens (including phenoxy) is 3. The number of methoxy groups -OCH3 is 2. The van der Waals surface area contributed by atoms with Crippen LogP contribution >= 0.6 is 0 Å². The molecule has 5 heterocycles. The zero-order valence-corrected chi connectivity index (χ0v) is 22.3. The van der Waals surface area contributed by atoms with Crippen molar-refractivity contribution in [3.8, 4) is 0 Å². The summed E-state index contributed by atoms with van der Waals surface area (Å²) in [6.07, 6.45) is 1.14. The van der Waals surface area contributed by atoms with Gasteiger partial charge in [-0.05, 0) is 37.5 Å². The Morgan fingerprint density at radius 2 is 1.74 bits per heavy atom. The maximum atomic E-state index is 13.2. The van der Waals surface area contributed by atoms with Crippen molar-refractivity contribution in [2.75, 3.05) is 21.3 Å². The van der Waals surface area contributed by atoms with Crippen LogP contribution in [0.4, 0.5) is 4.79 Å². The van der Waals surface area contributed by atoms with Crippen molar-refractivity contribution in [2.24, 2.45) is 0 Å². The third-order valence-corrected chi connectivity index (χ3v) is 8.57. The predicted octanol–water partition coefficient (Wildman–Crippen LogP) is 5.37. The Morgan fingerprint density at radius 3 is 2.41 bits per heavy atom. The molecule has 9 heteroatoms. The summed E-state index contributed by atoms with van der Waals surface area (Å²) in [6, 6.07) is 16.9. The second-order valence-electron chi connectivity index (χ2n) is 10.4. The highest BCUT2D eigenvalue weighted by Crippen LogP contribution is 2.53. The number of carbonyl (C=O) groups excluding carboxylic acids is 2. The average Bonchev–Trinajstić information content (AvgIpc) is 3.60. The number of carbonyl (C=O) groups is 2. The first-order chi connectivity index (χ1) is 18.9. The van der Waals surface area contributed by atoms with E-state index in [-0.39, 0.29) is 19.7 Å². The fourth-order valence-corrected chi connectivity index (χ4v) is 7.03. The van der Waals surface area contributed by atoms with E-state index >= 15 is 0 Å². The van der Waals surface area contributed by atoms with Crippen LogP contribution in [0, 0.1) is 0 Å². The van der Waals surface area contributed by atoms with Crippen molar-refractivity contribution >= 4 is 55.6 Å². The SMILES string of the molecule is CNC(=O)OC.CO[C@@H]1CC[C@H]2O[C@]1(C)n1c3ccccc3c3c4c(c5c6ccccc6n2c5c31)C(=O)NC4.[HH]. The van der Waals surface area contributed by atoms with Crippen molar-refractivity contribution < 1.29 is 25.2 Å². The van der Waals surface area contributed by atoms with E-state index in [1.165, 1.54) is 14.2 Å². The van der Waals surface area contributed by atoms with Gasteiger partial charge in [-0.3, -0.25) is 4.79 Å². The summed E-state index contributed by atoms with van der Waals surface area (Å²) in [6.45, 7) is 2.71. The van der Waals surface area contributed by atoms with Gasteiger partial charge in [0.25, 0.3) is 5.91 Å². The monoisotopic (exact) mass is 528 g/mol. The third kappa shape index (κ3) is 3.02. The summed E-state index contributed by atoms with van der Waals surface area (Å²) in [4.78, 5) is 23.1. The van der Waals surface area contributed by atoms with Gasteiger partial charge in [0.15, 0.2) is 5.72 Å². The molecule has 8 rings (SSSR count). The van der Waals surface area contributed by atoms with Crippen LogP contribution in [0.1, 0.15) is 43.3 Å². The molecule has 202 valence electrons. The Morgan fingerprint density at radius 1 is 1.05 bits per heavy atom. The number of amides is 2. The minimum Gasteiger partial charge on any atom is -0.453 e. The normalized spacial score (nSPS) is 23.0. The highest BCUT2D eigenvalue weighted by atomic mass is 16.6. The van der Waals surface area contributed by atoms with E-state index in [1.807, 2.05) is 0 Å². The topological polar surface area (TPSA) is 95.8 Å². The van der Waals surface area contributed by atoms with Crippen LogP contribution in [0.15, 0.2) is 48.5 Å². The van der Waals surface area contributed by atoms with Crippen molar-refractivity contribution in [1.82, 2.24) is 19.8 Å². The third-order valence-electron chi connectivity index (χ3n) is 8.57. The molecule has 5 aromatic rings. The summed E-state index contributed by atoms with van der Waals surface area (Å²) in [5.41, 5.74) is 5.72. The summed E-state index contributed by atoms with van der Waals surface area (Å²) in [5, 5.41) is 9.84. The lowest BCUT2D eigenvalue weighted by Gasteiger charge is -2.44. The van der Waals surface area contributed by atoms with E-state index in [2.05, 4.69) is 80.0 Å². The maximum absolute atomic E-state index is 13.2. The van der Waals surface area contributed by atoms with Gasteiger partial charge in [-0.15, -0.1) is 0 Å². The Bertz CT molecular complexity index is 1840. The maximum Gasteiger partial charge on any atom is 0.406 e. The molecule has 3 aliphatic rings. The number of hydrogen-bond donors (Lipinski definition) is 2. The average molecular weight is 529 g/mol. The quantitative estimate of drug-likeness (QED) is 0.305. The molecule has 9 nitrogen and oxygen atoms in total. The number of aromatic nitrogens is 2. The van der Waals surface area contributed by atoms with Crippen LogP contribution in [-0.4, -0.2) is 48.5 Å². The number of rotatable bonds is 1. The predicted molar refractivity (Wildman–Crippen MR) is 151 cm³/mol. The van der Waals surface area contributed by atoms with Crippen LogP contribution in [0.2, 0.25) is 0 Å². The Labute approximate surface area is 226 Å². The highest BCUT2D eigenvalue weighted by Gasteiger charge is 2.49. The first-order valence-corrected chi connectivity index (χ1v) is 13.2. The second-order valence-corrected chi connectivity index (χ2v) is 10.4. The number of hydrogen-bond acceptors (Lipinski definition) is 5. The zero-order chi connectivity index (χ0) is 27.1. The number of para-hydroxylation sites is 2. The van der Waals surface area contributed by atoms with Gasteiger partial charge >= 0.3 is 6.09 Å². The molecule has 39 heavy (non-hydrogen) atoms. The molecular weight excluding hydrogens is 496 g/mol.